The van der Waals surface area contributed by atoms with E-state index in [1.54, 1.807) is 0 Å². The number of Topliss-reactive ketones (excluding diaryl/α,β-unsaturated/α-hetero) is 1. The molecule has 0 radical (unpaired) electrons. The molecule has 0 saturated carbocycles. The Bertz CT molecular complexity index is 422. The largest absolute Gasteiger partial charge is 0.370 e. The maximum Gasteiger partial charge on any atom is 0.257 e. The second kappa shape index (κ2) is 2.77. The Morgan fingerprint density at radius 1 is 1.54 bits per heavy atom. The van der Waals surface area contributed by atoms with Crippen molar-refractivity contribution >= 4 is 5.78 Å². The highest BCUT2D eigenvalue weighted by Crippen LogP contribution is 2.12. The molecule has 0 aliphatic carbocycles. The Labute approximate surface area is 73.8 Å². The molecular weight excluding hydrogens is 172 g/mol. The molecule has 1 aliphatic heterocycles. The van der Waals surface area contributed by atoms with Crippen molar-refractivity contribution in [3.63, 3.8) is 0 Å². The van der Waals surface area contributed by atoms with Crippen molar-refractivity contribution in [3.05, 3.63) is 27.4 Å². The van der Waals surface area contributed by atoms with E-state index in [2.05, 4.69) is 9.97 Å². The summed E-state index contributed by atoms with van der Waals surface area (Å²) in [5.41, 5.74) is 0.839. The van der Waals surface area contributed by atoms with E-state index in [1.807, 2.05) is 0 Å². The average Bonchev–Trinajstić information content (AvgIpc) is 2.51. The first kappa shape index (κ1) is 8.12. The maximum atomic E-state index is 11.3. The Hall–Kier alpha value is -1.49. The predicted octanol–water partition coefficient (Wildman–Crippen LogP) is 0.00270. The SMILES string of the molecule is CC(=O)c1nc2c(c(=O)[nH]1)COC2. The van der Waals surface area contributed by atoms with Crippen LogP contribution < -0.4 is 5.56 Å². The molecule has 1 aliphatic rings. The quantitative estimate of drug-likeness (QED) is 0.617. The van der Waals surface area contributed by atoms with Crippen molar-refractivity contribution in [3.8, 4) is 0 Å². The molecule has 0 saturated heterocycles. The fraction of sp³-hybridized carbons (Fsp3) is 0.375. The summed E-state index contributed by atoms with van der Waals surface area (Å²) in [5, 5.41) is 0. The molecule has 1 aromatic heterocycles. The summed E-state index contributed by atoms with van der Waals surface area (Å²) in [7, 11) is 0. The van der Waals surface area contributed by atoms with Gasteiger partial charge in [-0.25, -0.2) is 4.98 Å². The number of hydrogen-bond donors (Lipinski definition) is 1. The minimum atomic E-state index is -0.271. The molecule has 0 bridgehead atoms. The van der Waals surface area contributed by atoms with Gasteiger partial charge in [0.15, 0.2) is 11.6 Å². The van der Waals surface area contributed by atoms with Crippen LogP contribution in [0.2, 0.25) is 0 Å². The zero-order chi connectivity index (χ0) is 9.42. The first-order valence-corrected chi connectivity index (χ1v) is 3.89. The monoisotopic (exact) mass is 180 g/mol. The molecule has 2 heterocycles. The van der Waals surface area contributed by atoms with E-state index in [-0.39, 0.29) is 23.8 Å². The van der Waals surface area contributed by atoms with Crippen LogP contribution in [0.5, 0.6) is 0 Å². The molecule has 0 unspecified atom stereocenters. The van der Waals surface area contributed by atoms with Crippen LogP contribution >= 0.6 is 0 Å². The second-order valence-electron chi connectivity index (χ2n) is 2.89. The molecule has 0 spiro atoms. The van der Waals surface area contributed by atoms with E-state index in [0.717, 1.165) is 0 Å². The number of nitrogens with zero attached hydrogens (tertiary/aromatic N) is 1. The zero-order valence-electron chi connectivity index (χ0n) is 7.09. The molecule has 0 amide bonds. The fourth-order valence-electron chi connectivity index (χ4n) is 1.23. The molecule has 5 nitrogen and oxygen atoms in total. The highest BCUT2D eigenvalue weighted by molar-refractivity contribution is 5.90. The van der Waals surface area contributed by atoms with E-state index in [0.29, 0.717) is 17.9 Å². The van der Waals surface area contributed by atoms with Gasteiger partial charge in [-0.3, -0.25) is 9.59 Å². The van der Waals surface area contributed by atoms with Crippen molar-refractivity contribution in [1.82, 2.24) is 9.97 Å². The van der Waals surface area contributed by atoms with Gasteiger partial charge in [-0.1, -0.05) is 0 Å². The van der Waals surface area contributed by atoms with Gasteiger partial charge in [-0.2, -0.15) is 0 Å². The number of nitrogens with one attached hydrogen (secondary N) is 1. The molecule has 1 N–H and O–H groups in total. The molecule has 0 atom stereocenters. The van der Waals surface area contributed by atoms with E-state index in [4.69, 9.17) is 4.74 Å². The van der Waals surface area contributed by atoms with Crippen LogP contribution in [0.25, 0.3) is 0 Å². The van der Waals surface area contributed by atoms with E-state index >= 15 is 0 Å². The number of ether oxygens (including phenoxy) is 1. The third-order valence-corrected chi connectivity index (χ3v) is 1.92. The van der Waals surface area contributed by atoms with Gasteiger partial charge < -0.3 is 9.72 Å². The standard InChI is InChI=1S/C8H8N2O3/c1-4(11)7-9-6-3-13-2-5(6)8(12)10-7/h2-3H2,1H3,(H,9,10,12). The Morgan fingerprint density at radius 2 is 2.31 bits per heavy atom. The first-order chi connectivity index (χ1) is 6.18. The van der Waals surface area contributed by atoms with E-state index in [9.17, 15) is 9.59 Å². The van der Waals surface area contributed by atoms with Crippen molar-refractivity contribution in [2.75, 3.05) is 0 Å². The van der Waals surface area contributed by atoms with Crippen LogP contribution in [0.1, 0.15) is 28.8 Å². The molecule has 1 aromatic rings. The molecule has 68 valence electrons. The summed E-state index contributed by atoms with van der Waals surface area (Å²) in [6.07, 6.45) is 0. The molecule has 5 heteroatoms. The average molecular weight is 180 g/mol. The van der Waals surface area contributed by atoms with Crippen molar-refractivity contribution in [2.45, 2.75) is 20.1 Å². The van der Waals surface area contributed by atoms with Gasteiger partial charge in [0.05, 0.1) is 24.5 Å². The molecule has 13 heavy (non-hydrogen) atoms. The number of hydrogen-bond acceptors (Lipinski definition) is 4. The van der Waals surface area contributed by atoms with Crippen molar-refractivity contribution < 1.29 is 9.53 Å². The van der Waals surface area contributed by atoms with Crippen LogP contribution in [0.3, 0.4) is 0 Å². The molecular formula is C8H8N2O3. The van der Waals surface area contributed by atoms with Crippen LogP contribution in [-0.2, 0) is 18.0 Å². The number of carbonyl (C=O) groups excluding carboxylic acids is 1. The summed E-state index contributed by atoms with van der Waals surface area (Å²) in [6, 6.07) is 0. The van der Waals surface area contributed by atoms with Crippen LogP contribution in [0.4, 0.5) is 0 Å². The lowest BCUT2D eigenvalue weighted by molar-refractivity contribution is 0.100. The van der Waals surface area contributed by atoms with Gasteiger partial charge in [0.2, 0.25) is 0 Å². The lowest BCUT2D eigenvalue weighted by atomic mass is 10.2. The van der Waals surface area contributed by atoms with Crippen LogP contribution in [-0.4, -0.2) is 15.8 Å². The summed E-state index contributed by atoms with van der Waals surface area (Å²) in [4.78, 5) is 28.6. The van der Waals surface area contributed by atoms with Crippen LogP contribution in [0, 0.1) is 0 Å². The van der Waals surface area contributed by atoms with Crippen molar-refractivity contribution in [2.24, 2.45) is 0 Å². The summed E-state index contributed by atoms with van der Waals surface area (Å²) in [6.45, 7) is 1.97. The number of aromatic amines is 1. The lowest BCUT2D eigenvalue weighted by Gasteiger charge is -1.97. The maximum absolute atomic E-state index is 11.3. The third kappa shape index (κ3) is 1.27. The number of ketones is 1. The van der Waals surface area contributed by atoms with Gasteiger partial charge in [-0.05, 0) is 0 Å². The minimum absolute atomic E-state index is 0.106. The number of aromatic nitrogens is 2. The predicted molar refractivity (Wildman–Crippen MR) is 43.4 cm³/mol. The zero-order valence-corrected chi connectivity index (χ0v) is 7.09. The number of carbonyl (C=O) groups is 1. The third-order valence-electron chi connectivity index (χ3n) is 1.92. The summed E-state index contributed by atoms with van der Waals surface area (Å²) >= 11 is 0. The Balaban J connectivity index is 2.62. The number of rotatable bonds is 1. The van der Waals surface area contributed by atoms with Gasteiger partial charge >= 0.3 is 0 Å². The van der Waals surface area contributed by atoms with Crippen molar-refractivity contribution in [1.29, 1.82) is 0 Å². The van der Waals surface area contributed by atoms with E-state index < -0.39 is 0 Å². The lowest BCUT2D eigenvalue weighted by Crippen LogP contribution is -2.18. The molecule has 2 rings (SSSR count). The Kier molecular flexibility index (Phi) is 1.73. The highest BCUT2D eigenvalue weighted by atomic mass is 16.5. The first-order valence-electron chi connectivity index (χ1n) is 3.89. The van der Waals surface area contributed by atoms with Gasteiger partial charge in [0.25, 0.3) is 5.56 Å². The molecule has 0 fully saturated rings. The normalized spacial score (nSPS) is 14.2. The van der Waals surface area contributed by atoms with Crippen LogP contribution in [0.15, 0.2) is 4.79 Å². The minimum Gasteiger partial charge on any atom is -0.370 e. The number of H-pyrrole nitrogens is 1. The molecule has 0 aromatic carbocycles. The van der Waals surface area contributed by atoms with E-state index in [1.165, 1.54) is 6.92 Å². The summed E-state index contributed by atoms with van der Waals surface area (Å²) < 4.78 is 5.04. The smallest absolute Gasteiger partial charge is 0.257 e. The topological polar surface area (TPSA) is 72.0 Å². The number of fused-ring (bicyclic) bond motifs is 1. The van der Waals surface area contributed by atoms with Gasteiger partial charge in [0.1, 0.15) is 0 Å². The van der Waals surface area contributed by atoms with Gasteiger partial charge in [0, 0.05) is 6.92 Å². The second-order valence-corrected chi connectivity index (χ2v) is 2.89. The Morgan fingerprint density at radius 3 is 3.00 bits per heavy atom. The summed E-state index contributed by atoms with van der Waals surface area (Å²) in [5.74, 6) is -0.138. The fourth-order valence-corrected chi connectivity index (χ4v) is 1.23. The highest BCUT2D eigenvalue weighted by Gasteiger charge is 2.18. The van der Waals surface area contributed by atoms with Gasteiger partial charge in [-0.15, -0.1) is 0 Å².